The molecule has 4 heteroatoms. The lowest BCUT2D eigenvalue weighted by Gasteiger charge is -1.94. The summed E-state index contributed by atoms with van der Waals surface area (Å²) < 4.78 is 1.94. The van der Waals surface area contributed by atoms with Crippen LogP contribution in [0, 0.1) is 6.92 Å². The Bertz CT molecular complexity index is 455. The van der Waals surface area contributed by atoms with Crippen molar-refractivity contribution in [1.29, 1.82) is 0 Å². The Morgan fingerprint density at radius 3 is 3.08 bits per heavy atom. The van der Waals surface area contributed by atoms with Gasteiger partial charge in [-0.3, -0.25) is 9.20 Å². The van der Waals surface area contributed by atoms with Crippen molar-refractivity contribution < 1.29 is 4.79 Å². The first-order valence-electron chi connectivity index (χ1n) is 4.18. The summed E-state index contributed by atoms with van der Waals surface area (Å²) >= 11 is 1.58. The molecule has 0 saturated carbocycles. The Balaban J connectivity index is 2.83. The van der Waals surface area contributed by atoms with Crippen LogP contribution in [0.25, 0.3) is 4.96 Å². The number of nitrogens with zero attached hydrogens (tertiary/aromatic N) is 2. The Hall–Kier alpha value is -1.16. The van der Waals surface area contributed by atoms with Crippen LogP contribution in [0.15, 0.2) is 5.38 Å². The van der Waals surface area contributed by atoms with Crippen molar-refractivity contribution >= 4 is 22.6 Å². The van der Waals surface area contributed by atoms with Gasteiger partial charge >= 0.3 is 0 Å². The normalized spacial score (nSPS) is 10.9. The lowest BCUT2D eigenvalue weighted by atomic mass is 10.3. The molecule has 2 aromatic heterocycles. The second-order valence-electron chi connectivity index (χ2n) is 2.90. The van der Waals surface area contributed by atoms with Gasteiger partial charge in [-0.1, -0.05) is 6.92 Å². The molecule has 0 N–H and O–H groups in total. The van der Waals surface area contributed by atoms with Gasteiger partial charge in [0.2, 0.25) is 0 Å². The van der Waals surface area contributed by atoms with Gasteiger partial charge in [0.25, 0.3) is 0 Å². The zero-order chi connectivity index (χ0) is 9.42. The van der Waals surface area contributed by atoms with Crippen molar-refractivity contribution in [3.05, 3.63) is 22.5 Å². The molecule has 0 spiro atoms. The number of hydrogen-bond acceptors (Lipinski definition) is 3. The number of hydrogen-bond donors (Lipinski definition) is 0. The highest BCUT2D eigenvalue weighted by Crippen LogP contribution is 2.19. The van der Waals surface area contributed by atoms with Crippen LogP contribution in [0.4, 0.5) is 0 Å². The second-order valence-corrected chi connectivity index (χ2v) is 3.74. The van der Waals surface area contributed by atoms with Crippen LogP contribution in [0.3, 0.4) is 0 Å². The van der Waals surface area contributed by atoms with Gasteiger partial charge in [-0.2, -0.15) is 0 Å². The third kappa shape index (κ3) is 1.09. The molecule has 68 valence electrons. The van der Waals surface area contributed by atoms with E-state index in [9.17, 15) is 4.79 Å². The lowest BCUT2D eigenvalue weighted by Crippen LogP contribution is -1.95. The molecule has 0 radical (unpaired) electrons. The standard InChI is InChI=1S/C9H10N2OS/c1-3-7-5-13-9-10-6(2)8(4-12)11(7)9/h4-5H,3H2,1-2H3. The maximum Gasteiger partial charge on any atom is 0.194 e. The number of imidazole rings is 1. The van der Waals surface area contributed by atoms with Crippen LogP contribution in [-0.4, -0.2) is 15.7 Å². The fraction of sp³-hybridized carbons (Fsp3) is 0.333. The topological polar surface area (TPSA) is 34.4 Å². The molecule has 0 fully saturated rings. The molecule has 0 aliphatic heterocycles. The largest absolute Gasteiger partial charge is 0.296 e. The molecular weight excluding hydrogens is 184 g/mol. The van der Waals surface area contributed by atoms with Gasteiger partial charge in [0.1, 0.15) is 5.69 Å². The molecular formula is C9H10N2OS. The molecule has 0 atom stereocenters. The Morgan fingerprint density at radius 1 is 1.69 bits per heavy atom. The summed E-state index contributed by atoms with van der Waals surface area (Å²) in [5.74, 6) is 0. The SMILES string of the molecule is CCc1csc2nc(C)c(C=O)n12. The van der Waals surface area contributed by atoms with Crippen LogP contribution in [0.5, 0.6) is 0 Å². The molecule has 0 amide bonds. The Morgan fingerprint density at radius 2 is 2.46 bits per heavy atom. The number of aromatic nitrogens is 2. The van der Waals surface area contributed by atoms with Crippen molar-refractivity contribution in [1.82, 2.24) is 9.38 Å². The molecule has 13 heavy (non-hydrogen) atoms. The summed E-state index contributed by atoms with van der Waals surface area (Å²) in [6, 6.07) is 0. The smallest absolute Gasteiger partial charge is 0.194 e. The van der Waals surface area contributed by atoms with Crippen molar-refractivity contribution in [2.75, 3.05) is 0 Å². The van der Waals surface area contributed by atoms with E-state index in [2.05, 4.69) is 17.3 Å². The predicted octanol–water partition coefficient (Wildman–Crippen LogP) is 2.08. The van der Waals surface area contributed by atoms with Gasteiger partial charge in [-0.15, -0.1) is 11.3 Å². The molecule has 2 aromatic rings. The fourth-order valence-corrected chi connectivity index (χ4v) is 2.45. The molecule has 0 aliphatic rings. The van der Waals surface area contributed by atoms with Crippen molar-refractivity contribution in [2.24, 2.45) is 0 Å². The first-order chi connectivity index (χ1) is 6.27. The highest BCUT2D eigenvalue weighted by atomic mass is 32.1. The summed E-state index contributed by atoms with van der Waals surface area (Å²) in [6.07, 6.45) is 1.80. The van der Waals surface area contributed by atoms with Crippen molar-refractivity contribution in [2.45, 2.75) is 20.3 Å². The van der Waals surface area contributed by atoms with Gasteiger partial charge in [0.15, 0.2) is 11.2 Å². The lowest BCUT2D eigenvalue weighted by molar-refractivity contribution is 0.111. The van der Waals surface area contributed by atoms with Gasteiger partial charge in [0, 0.05) is 11.1 Å². The molecule has 0 unspecified atom stereocenters. The van der Waals surface area contributed by atoms with E-state index in [1.165, 1.54) is 0 Å². The molecule has 2 rings (SSSR count). The quantitative estimate of drug-likeness (QED) is 0.686. The minimum atomic E-state index is 0.688. The van der Waals surface area contributed by atoms with Gasteiger partial charge < -0.3 is 0 Å². The van der Waals surface area contributed by atoms with Crippen molar-refractivity contribution in [3.8, 4) is 0 Å². The van der Waals surface area contributed by atoms with E-state index in [4.69, 9.17) is 0 Å². The minimum absolute atomic E-state index is 0.688. The van der Waals surface area contributed by atoms with Crippen LogP contribution in [0.2, 0.25) is 0 Å². The van der Waals surface area contributed by atoms with Gasteiger partial charge in [0.05, 0.1) is 5.69 Å². The molecule has 0 saturated heterocycles. The average Bonchev–Trinajstić information content (AvgIpc) is 2.62. The summed E-state index contributed by atoms with van der Waals surface area (Å²) in [5.41, 5.74) is 2.66. The van der Waals surface area contributed by atoms with E-state index in [0.29, 0.717) is 5.69 Å². The molecule has 0 aliphatic carbocycles. The molecule has 0 bridgehead atoms. The minimum Gasteiger partial charge on any atom is -0.296 e. The first-order valence-corrected chi connectivity index (χ1v) is 5.06. The van der Waals surface area contributed by atoms with Crippen LogP contribution < -0.4 is 0 Å². The van der Waals surface area contributed by atoms with Crippen LogP contribution >= 0.6 is 11.3 Å². The molecule has 0 aromatic carbocycles. The van der Waals surface area contributed by atoms with Gasteiger partial charge in [-0.25, -0.2) is 4.98 Å². The maximum atomic E-state index is 10.8. The summed E-state index contributed by atoms with van der Waals surface area (Å²) in [4.78, 5) is 16.0. The third-order valence-electron chi connectivity index (χ3n) is 2.13. The number of aryl methyl sites for hydroxylation is 2. The zero-order valence-corrected chi connectivity index (χ0v) is 8.39. The van der Waals surface area contributed by atoms with Crippen molar-refractivity contribution in [3.63, 3.8) is 0 Å². The molecule has 2 heterocycles. The van der Waals surface area contributed by atoms with Crippen LogP contribution in [0.1, 0.15) is 28.8 Å². The number of carbonyl (C=O) groups is 1. The Kier molecular flexibility index (Phi) is 1.92. The summed E-state index contributed by atoms with van der Waals surface area (Å²) in [6.45, 7) is 3.94. The second kappa shape index (κ2) is 2.96. The Labute approximate surface area is 80.0 Å². The summed E-state index contributed by atoms with van der Waals surface area (Å²) in [7, 11) is 0. The number of aldehydes is 1. The van der Waals surface area contributed by atoms with E-state index >= 15 is 0 Å². The molecule has 3 nitrogen and oxygen atoms in total. The number of carbonyl (C=O) groups excluding carboxylic acids is 1. The highest BCUT2D eigenvalue weighted by Gasteiger charge is 2.11. The highest BCUT2D eigenvalue weighted by molar-refractivity contribution is 7.15. The number of thiazole rings is 1. The monoisotopic (exact) mass is 194 g/mol. The maximum absolute atomic E-state index is 10.8. The fourth-order valence-electron chi connectivity index (χ4n) is 1.43. The van der Waals surface area contributed by atoms with E-state index < -0.39 is 0 Å². The van der Waals surface area contributed by atoms with E-state index in [0.717, 1.165) is 29.1 Å². The van der Waals surface area contributed by atoms with E-state index in [-0.39, 0.29) is 0 Å². The predicted molar refractivity (Wildman–Crippen MR) is 52.6 cm³/mol. The van der Waals surface area contributed by atoms with Crippen LogP contribution in [-0.2, 0) is 6.42 Å². The number of rotatable bonds is 2. The van der Waals surface area contributed by atoms with E-state index in [1.807, 2.05) is 11.3 Å². The zero-order valence-electron chi connectivity index (χ0n) is 7.57. The number of fused-ring (bicyclic) bond motifs is 1. The first kappa shape index (κ1) is 8.44. The third-order valence-corrected chi connectivity index (χ3v) is 3.00. The van der Waals surface area contributed by atoms with E-state index in [1.54, 1.807) is 11.3 Å². The van der Waals surface area contributed by atoms with Gasteiger partial charge in [-0.05, 0) is 13.3 Å². The summed E-state index contributed by atoms with van der Waals surface area (Å²) in [5, 5.41) is 2.05. The average molecular weight is 194 g/mol.